The van der Waals surface area contributed by atoms with Crippen LogP contribution in [0.15, 0.2) is 0 Å². The van der Waals surface area contributed by atoms with Gasteiger partial charge in [0.2, 0.25) is 0 Å². The van der Waals surface area contributed by atoms with Crippen LogP contribution in [-0.2, 0) is 4.74 Å². The molecule has 90 valence electrons. The van der Waals surface area contributed by atoms with Crippen molar-refractivity contribution in [3.05, 3.63) is 0 Å². The van der Waals surface area contributed by atoms with Crippen LogP contribution in [0.1, 0.15) is 46.0 Å². The zero-order chi connectivity index (χ0) is 11.1. The van der Waals surface area contributed by atoms with Crippen LogP contribution in [0.3, 0.4) is 0 Å². The highest BCUT2D eigenvalue weighted by Crippen LogP contribution is 2.17. The number of aliphatic hydroxyl groups excluding tert-OH is 1. The Morgan fingerprint density at radius 1 is 1.53 bits per heavy atom. The molecule has 2 N–H and O–H groups in total. The topological polar surface area (TPSA) is 41.5 Å². The number of nitrogens with one attached hydrogen (secondary N) is 1. The fourth-order valence-corrected chi connectivity index (χ4v) is 2.09. The maximum absolute atomic E-state index is 9.15. The highest BCUT2D eigenvalue weighted by Gasteiger charge is 2.21. The number of aliphatic hydroxyl groups is 1. The minimum Gasteiger partial charge on any atom is -0.393 e. The van der Waals surface area contributed by atoms with Gasteiger partial charge in [0.15, 0.2) is 0 Å². The summed E-state index contributed by atoms with van der Waals surface area (Å²) in [6, 6.07) is 0.592. The van der Waals surface area contributed by atoms with Gasteiger partial charge in [0.05, 0.1) is 12.2 Å². The molecule has 0 bridgehead atoms. The Hall–Kier alpha value is -0.120. The summed E-state index contributed by atoms with van der Waals surface area (Å²) in [6.07, 6.45) is 5.72. The van der Waals surface area contributed by atoms with Crippen molar-refractivity contribution < 1.29 is 9.84 Å². The third kappa shape index (κ3) is 5.50. The lowest BCUT2D eigenvalue weighted by molar-refractivity contribution is -0.00348. The second-order valence-electron chi connectivity index (χ2n) is 4.59. The van der Waals surface area contributed by atoms with E-state index in [2.05, 4.69) is 12.2 Å². The molecule has 0 aromatic heterocycles. The summed E-state index contributed by atoms with van der Waals surface area (Å²) in [5.41, 5.74) is 0. The van der Waals surface area contributed by atoms with E-state index in [9.17, 15) is 0 Å². The smallest absolute Gasteiger partial charge is 0.0589 e. The van der Waals surface area contributed by atoms with Crippen LogP contribution in [0, 0.1) is 0 Å². The minimum absolute atomic E-state index is 0.191. The van der Waals surface area contributed by atoms with Crippen LogP contribution < -0.4 is 5.32 Å². The summed E-state index contributed by atoms with van der Waals surface area (Å²) in [5.74, 6) is 0. The van der Waals surface area contributed by atoms with Gasteiger partial charge in [0, 0.05) is 12.6 Å². The maximum Gasteiger partial charge on any atom is 0.0589 e. The molecule has 1 saturated heterocycles. The summed E-state index contributed by atoms with van der Waals surface area (Å²) < 4.78 is 5.69. The maximum atomic E-state index is 9.15. The molecule has 0 aromatic carbocycles. The van der Waals surface area contributed by atoms with Gasteiger partial charge in [0.1, 0.15) is 0 Å². The summed E-state index contributed by atoms with van der Waals surface area (Å²) in [6.45, 7) is 5.84. The van der Waals surface area contributed by atoms with Gasteiger partial charge in [-0.3, -0.25) is 0 Å². The van der Waals surface area contributed by atoms with Crippen molar-refractivity contribution in [2.24, 2.45) is 0 Å². The van der Waals surface area contributed by atoms with Gasteiger partial charge in [-0.1, -0.05) is 13.3 Å². The molecule has 1 heterocycles. The molecular formula is C12H25NO2. The fourth-order valence-electron chi connectivity index (χ4n) is 2.09. The number of ether oxygens (including phenoxy) is 1. The highest BCUT2D eigenvalue weighted by atomic mass is 16.5. The Morgan fingerprint density at radius 2 is 2.33 bits per heavy atom. The zero-order valence-electron chi connectivity index (χ0n) is 10.0. The van der Waals surface area contributed by atoms with Crippen LogP contribution in [0.5, 0.6) is 0 Å². The van der Waals surface area contributed by atoms with Crippen molar-refractivity contribution in [2.75, 3.05) is 13.2 Å². The van der Waals surface area contributed by atoms with Gasteiger partial charge in [-0.2, -0.15) is 0 Å². The molecule has 15 heavy (non-hydrogen) atoms. The Balaban J connectivity index is 2.12. The van der Waals surface area contributed by atoms with E-state index in [-0.39, 0.29) is 6.10 Å². The van der Waals surface area contributed by atoms with E-state index in [0.29, 0.717) is 12.1 Å². The van der Waals surface area contributed by atoms with Gasteiger partial charge in [-0.15, -0.1) is 0 Å². The van der Waals surface area contributed by atoms with Gasteiger partial charge in [-0.05, 0) is 39.2 Å². The molecule has 3 unspecified atom stereocenters. The lowest BCUT2D eigenvalue weighted by atomic mass is 10.00. The SMILES string of the molecule is CCCC1CC(NCCC(C)O)CCO1. The number of hydrogen-bond acceptors (Lipinski definition) is 3. The van der Waals surface area contributed by atoms with Gasteiger partial charge < -0.3 is 15.2 Å². The molecule has 0 spiro atoms. The monoisotopic (exact) mass is 215 g/mol. The summed E-state index contributed by atoms with van der Waals surface area (Å²) >= 11 is 0. The molecule has 0 aliphatic carbocycles. The Bertz CT molecular complexity index is 160. The highest BCUT2D eigenvalue weighted by molar-refractivity contribution is 4.76. The standard InChI is InChI=1S/C12H25NO2/c1-3-4-12-9-11(6-8-15-12)13-7-5-10(2)14/h10-14H,3-9H2,1-2H3. The van der Waals surface area contributed by atoms with Crippen molar-refractivity contribution in [2.45, 2.75) is 64.2 Å². The van der Waals surface area contributed by atoms with E-state index in [4.69, 9.17) is 9.84 Å². The van der Waals surface area contributed by atoms with E-state index >= 15 is 0 Å². The first kappa shape index (κ1) is 12.9. The molecule has 0 saturated carbocycles. The molecule has 1 aliphatic heterocycles. The third-order valence-electron chi connectivity index (χ3n) is 2.97. The Labute approximate surface area is 93.2 Å². The molecule has 0 aromatic rings. The average Bonchev–Trinajstić information content (AvgIpc) is 2.18. The molecule has 3 atom stereocenters. The van der Waals surface area contributed by atoms with Crippen LogP contribution in [0.25, 0.3) is 0 Å². The van der Waals surface area contributed by atoms with E-state index in [1.165, 1.54) is 12.8 Å². The number of hydrogen-bond donors (Lipinski definition) is 2. The molecule has 1 aliphatic rings. The van der Waals surface area contributed by atoms with Crippen LogP contribution in [0.4, 0.5) is 0 Å². The van der Waals surface area contributed by atoms with E-state index in [1.54, 1.807) is 0 Å². The third-order valence-corrected chi connectivity index (χ3v) is 2.97. The van der Waals surface area contributed by atoms with Crippen molar-refractivity contribution in [1.29, 1.82) is 0 Å². The summed E-state index contributed by atoms with van der Waals surface area (Å²) in [5, 5.41) is 12.7. The quantitative estimate of drug-likeness (QED) is 0.708. The van der Waals surface area contributed by atoms with Crippen molar-refractivity contribution in [3.8, 4) is 0 Å². The molecule has 1 rings (SSSR count). The normalized spacial score (nSPS) is 29.0. The van der Waals surface area contributed by atoms with E-state index < -0.39 is 0 Å². The molecule has 1 fully saturated rings. The van der Waals surface area contributed by atoms with Gasteiger partial charge in [0.25, 0.3) is 0 Å². The zero-order valence-corrected chi connectivity index (χ0v) is 10.0. The largest absolute Gasteiger partial charge is 0.393 e. The Morgan fingerprint density at radius 3 is 3.00 bits per heavy atom. The lowest BCUT2D eigenvalue weighted by Crippen LogP contribution is -2.39. The molecule has 3 heteroatoms. The predicted molar refractivity (Wildman–Crippen MR) is 62.0 cm³/mol. The summed E-state index contributed by atoms with van der Waals surface area (Å²) in [7, 11) is 0. The van der Waals surface area contributed by atoms with Crippen molar-refractivity contribution in [1.82, 2.24) is 5.32 Å². The molecule has 0 amide bonds. The fraction of sp³-hybridized carbons (Fsp3) is 1.00. The average molecular weight is 215 g/mol. The van der Waals surface area contributed by atoms with Gasteiger partial charge >= 0.3 is 0 Å². The lowest BCUT2D eigenvalue weighted by Gasteiger charge is -2.30. The number of rotatable bonds is 6. The second kappa shape index (κ2) is 7.20. The van der Waals surface area contributed by atoms with Crippen LogP contribution in [0.2, 0.25) is 0 Å². The first-order valence-corrected chi connectivity index (χ1v) is 6.25. The minimum atomic E-state index is -0.191. The first-order valence-electron chi connectivity index (χ1n) is 6.25. The molecular weight excluding hydrogens is 190 g/mol. The first-order chi connectivity index (χ1) is 7.22. The van der Waals surface area contributed by atoms with Gasteiger partial charge in [-0.25, -0.2) is 0 Å². The van der Waals surface area contributed by atoms with Crippen molar-refractivity contribution in [3.63, 3.8) is 0 Å². The molecule has 0 radical (unpaired) electrons. The second-order valence-corrected chi connectivity index (χ2v) is 4.59. The molecule has 3 nitrogen and oxygen atoms in total. The van der Waals surface area contributed by atoms with Crippen LogP contribution >= 0.6 is 0 Å². The van der Waals surface area contributed by atoms with E-state index in [1.807, 2.05) is 6.92 Å². The predicted octanol–water partition coefficient (Wildman–Crippen LogP) is 1.69. The van der Waals surface area contributed by atoms with E-state index in [0.717, 1.165) is 32.4 Å². The summed E-state index contributed by atoms with van der Waals surface area (Å²) in [4.78, 5) is 0. The van der Waals surface area contributed by atoms with Crippen LogP contribution in [-0.4, -0.2) is 36.5 Å². The Kier molecular flexibility index (Phi) is 6.22. The van der Waals surface area contributed by atoms with Crippen molar-refractivity contribution >= 4 is 0 Å².